The summed E-state index contributed by atoms with van der Waals surface area (Å²) in [6, 6.07) is 91.3. The average molecular weight is 767 g/mol. The van der Waals surface area contributed by atoms with E-state index < -0.39 is 0 Å². The van der Waals surface area contributed by atoms with Crippen LogP contribution in [-0.2, 0) is 0 Å². The number of para-hydroxylation sites is 1. The van der Waals surface area contributed by atoms with E-state index in [0.29, 0.717) is 0 Å². The SMILES string of the molecule is c1ccc(-c2ccc(-c3ccc(N(c4ccc(-c5ccccc5)cc4)c4ccc(-c5ccc(N(c6ccccc6)c6cccc7ccccc67)cc5)cc4)cc3)cc2)cc1. The van der Waals surface area contributed by atoms with Crippen LogP contribution in [0.25, 0.3) is 55.3 Å². The molecule has 0 bridgehead atoms. The van der Waals surface area contributed by atoms with Gasteiger partial charge in [-0.3, -0.25) is 0 Å². The molecule has 0 N–H and O–H groups in total. The van der Waals surface area contributed by atoms with Gasteiger partial charge in [-0.1, -0.05) is 188 Å². The van der Waals surface area contributed by atoms with Crippen molar-refractivity contribution in [1.82, 2.24) is 0 Å². The lowest BCUT2D eigenvalue weighted by atomic mass is 10.00. The average Bonchev–Trinajstić information content (AvgIpc) is 3.34. The maximum atomic E-state index is 2.35. The number of hydrogen-bond acceptors (Lipinski definition) is 2. The molecule has 0 unspecified atom stereocenters. The normalized spacial score (nSPS) is 11.0. The molecule has 0 aliphatic rings. The quantitative estimate of drug-likeness (QED) is 0.137. The smallest absolute Gasteiger partial charge is 0.0540 e. The Kier molecular flexibility index (Phi) is 10.0. The van der Waals surface area contributed by atoms with Crippen molar-refractivity contribution in [3.8, 4) is 44.5 Å². The van der Waals surface area contributed by atoms with Crippen LogP contribution in [0.5, 0.6) is 0 Å². The lowest BCUT2D eigenvalue weighted by Crippen LogP contribution is -2.10. The number of anilines is 6. The Balaban J connectivity index is 0.962. The lowest BCUT2D eigenvalue weighted by Gasteiger charge is -2.27. The van der Waals surface area contributed by atoms with Gasteiger partial charge in [0.25, 0.3) is 0 Å². The van der Waals surface area contributed by atoms with Crippen molar-refractivity contribution in [3.05, 3.63) is 255 Å². The predicted molar refractivity (Wildman–Crippen MR) is 255 cm³/mol. The Bertz CT molecular complexity index is 2960. The molecular formula is C58H42N2. The zero-order valence-corrected chi connectivity index (χ0v) is 33.1. The molecule has 2 nitrogen and oxygen atoms in total. The summed E-state index contributed by atoms with van der Waals surface area (Å²) in [7, 11) is 0. The van der Waals surface area contributed by atoms with Crippen LogP contribution in [0.15, 0.2) is 255 Å². The summed E-state index contributed by atoms with van der Waals surface area (Å²) in [6.07, 6.45) is 0. The van der Waals surface area contributed by atoms with Crippen molar-refractivity contribution < 1.29 is 0 Å². The molecule has 10 aromatic rings. The largest absolute Gasteiger partial charge is 0.311 e. The van der Waals surface area contributed by atoms with Crippen LogP contribution >= 0.6 is 0 Å². The van der Waals surface area contributed by atoms with E-state index in [9.17, 15) is 0 Å². The summed E-state index contributed by atoms with van der Waals surface area (Å²) in [6.45, 7) is 0. The molecule has 0 radical (unpaired) electrons. The van der Waals surface area contributed by atoms with Gasteiger partial charge in [0.15, 0.2) is 0 Å². The van der Waals surface area contributed by atoms with Crippen molar-refractivity contribution in [2.45, 2.75) is 0 Å². The molecule has 0 atom stereocenters. The van der Waals surface area contributed by atoms with Crippen molar-refractivity contribution in [3.63, 3.8) is 0 Å². The van der Waals surface area contributed by atoms with Gasteiger partial charge in [0, 0.05) is 33.8 Å². The second-order valence-corrected chi connectivity index (χ2v) is 15.0. The first-order chi connectivity index (χ1) is 29.7. The molecule has 0 saturated heterocycles. The molecule has 10 aromatic carbocycles. The second kappa shape index (κ2) is 16.5. The third-order valence-electron chi connectivity index (χ3n) is 11.3. The van der Waals surface area contributed by atoms with E-state index in [1.807, 2.05) is 0 Å². The highest BCUT2D eigenvalue weighted by atomic mass is 15.1. The highest BCUT2D eigenvalue weighted by Gasteiger charge is 2.17. The van der Waals surface area contributed by atoms with Crippen molar-refractivity contribution in [1.29, 1.82) is 0 Å². The van der Waals surface area contributed by atoms with Crippen molar-refractivity contribution in [2.24, 2.45) is 0 Å². The Hall–Kier alpha value is -7.94. The first-order valence-electron chi connectivity index (χ1n) is 20.5. The van der Waals surface area contributed by atoms with E-state index in [1.165, 1.54) is 44.2 Å². The van der Waals surface area contributed by atoms with Gasteiger partial charge in [0.05, 0.1) is 5.69 Å². The summed E-state index contributed by atoms with van der Waals surface area (Å²) < 4.78 is 0. The number of nitrogens with zero attached hydrogens (tertiary/aromatic N) is 2. The molecule has 0 fully saturated rings. The molecule has 10 rings (SSSR count). The lowest BCUT2D eigenvalue weighted by molar-refractivity contribution is 1.28. The Morgan fingerprint density at radius 1 is 0.183 bits per heavy atom. The summed E-state index contributed by atoms with van der Waals surface area (Å²) in [5.41, 5.74) is 16.2. The van der Waals surface area contributed by atoms with Gasteiger partial charge in [0.2, 0.25) is 0 Å². The van der Waals surface area contributed by atoms with Gasteiger partial charge in [0.1, 0.15) is 0 Å². The molecular weight excluding hydrogens is 725 g/mol. The van der Waals surface area contributed by atoms with Crippen LogP contribution in [0.1, 0.15) is 0 Å². The van der Waals surface area contributed by atoms with Gasteiger partial charge in [-0.15, -0.1) is 0 Å². The van der Waals surface area contributed by atoms with Crippen LogP contribution in [0.3, 0.4) is 0 Å². The van der Waals surface area contributed by atoms with E-state index in [4.69, 9.17) is 0 Å². The molecule has 0 saturated carbocycles. The maximum Gasteiger partial charge on any atom is 0.0540 e. The Morgan fingerprint density at radius 2 is 0.467 bits per heavy atom. The summed E-state index contributed by atoms with van der Waals surface area (Å²) in [5, 5.41) is 2.44. The first-order valence-corrected chi connectivity index (χ1v) is 20.5. The van der Waals surface area contributed by atoms with Crippen LogP contribution in [0.4, 0.5) is 34.1 Å². The van der Waals surface area contributed by atoms with Crippen LogP contribution in [0, 0.1) is 0 Å². The third-order valence-corrected chi connectivity index (χ3v) is 11.3. The molecule has 0 heterocycles. The summed E-state index contributed by atoms with van der Waals surface area (Å²) >= 11 is 0. The van der Waals surface area contributed by atoms with E-state index in [2.05, 4.69) is 265 Å². The molecule has 0 spiro atoms. The van der Waals surface area contributed by atoms with Crippen molar-refractivity contribution >= 4 is 44.9 Å². The molecule has 0 aliphatic heterocycles. The highest BCUT2D eigenvalue weighted by Crippen LogP contribution is 2.41. The van der Waals surface area contributed by atoms with Gasteiger partial charge < -0.3 is 9.80 Å². The number of benzene rings is 10. The highest BCUT2D eigenvalue weighted by molar-refractivity contribution is 5.99. The minimum absolute atomic E-state index is 1.09. The fourth-order valence-electron chi connectivity index (χ4n) is 8.18. The van der Waals surface area contributed by atoms with Gasteiger partial charge in [-0.25, -0.2) is 0 Å². The fraction of sp³-hybridized carbons (Fsp3) is 0. The third kappa shape index (κ3) is 7.46. The molecule has 284 valence electrons. The van der Waals surface area contributed by atoms with Gasteiger partial charge in [-0.2, -0.15) is 0 Å². The van der Waals surface area contributed by atoms with Gasteiger partial charge in [-0.05, 0) is 117 Å². The van der Waals surface area contributed by atoms with Crippen molar-refractivity contribution in [2.75, 3.05) is 9.80 Å². The first kappa shape index (κ1) is 36.4. The predicted octanol–water partition coefficient (Wildman–Crippen LogP) is 16.4. The Labute approximate surface area is 352 Å². The maximum absolute atomic E-state index is 2.35. The van der Waals surface area contributed by atoms with E-state index in [0.717, 1.165) is 45.3 Å². The van der Waals surface area contributed by atoms with Gasteiger partial charge >= 0.3 is 0 Å². The monoisotopic (exact) mass is 766 g/mol. The number of fused-ring (bicyclic) bond motifs is 1. The van der Waals surface area contributed by atoms with E-state index in [-0.39, 0.29) is 0 Å². The van der Waals surface area contributed by atoms with Crippen LogP contribution < -0.4 is 9.80 Å². The molecule has 2 heteroatoms. The molecule has 0 amide bonds. The fourth-order valence-corrected chi connectivity index (χ4v) is 8.18. The minimum Gasteiger partial charge on any atom is -0.311 e. The zero-order chi connectivity index (χ0) is 40.1. The molecule has 0 aliphatic carbocycles. The molecule has 60 heavy (non-hydrogen) atoms. The summed E-state index contributed by atoms with van der Waals surface area (Å²) in [5.74, 6) is 0. The Morgan fingerprint density at radius 3 is 0.883 bits per heavy atom. The summed E-state index contributed by atoms with van der Waals surface area (Å²) in [4.78, 5) is 4.69. The minimum atomic E-state index is 1.09. The standard InChI is InChI=1S/C58H42N2/c1-4-13-43(14-5-1)45-23-25-46(26-24-45)48-29-37-54(38-30-48)59(53-35-27-47(28-36-53)44-15-6-2-7-16-44)55-39-31-49(32-40-55)50-33-41-56(42-34-50)60(52-19-8-3-9-20-52)58-22-12-18-51-17-10-11-21-57(51)58/h1-42H. The second-order valence-electron chi connectivity index (χ2n) is 15.0. The van der Waals surface area contributed by atoms with E-state index in [1.54, 1.807) is 0 Å². The van der Waals surface area contributed by atoms with Crippen LogP contribution in [-0.4, -0.2) is 0 Å². The molecule has 0 aromatic heterocycles. The number of rotatable bonds is 10. The zero-order valence-electron chi connectivity index (χ0n) is 33.1. The topological polar surface area (TPSA) is 6.48 Å². The van der Waals surface area contributed by atoms with E-state index >= 15 is 0 Å². The van der Waals surface area contributed by atoms with Crippen LogP contribution in [0.2, 0.25) is 0 Å². The number of hydrogen-bond donors (Lipinski definition) is 0.